The van der Waals surface area contributed by atoms with Gasteiger partial charge >= 0.3 is 0 Å². The third-order valence-corrected chi connectivity index (χ3v) is 10.2. The Bertz CT molecular complexity index is 2660. The van der Waals surface area contributed by atoms with Crippen LogP contribution in [-0.4, -0.2) is 24.9 Å². The summed E-state index contributed by atoms with van der Waals surface area (Å²) in [5.74, 6) is 3.77. The van der Waals surface area contributed by atoms with Crippen LogP contribution >= 0.6 is 11.8 Å². The zero-order valence-corrected chi connectivity index (χ0v) is 30.9. The Labute approximate surface area is 329 Å². The van der Waals surface area contributed by atoms with Crippen molar-refractivity contribution in [3.05, 3.63) is 200 Å². The Morgan fingerprint density at radius 3 is 1.41 bits per heavy atom. The smallest absolute Gasteiger partial charge is 0.164 e. The number of nitrogens with zero attached hydrogens (tertiary/aromatic N) is 5. The molecule has 9 aromatic rings. The van der Waals surface area contributed by atoms with Gasteiger partial charge in [-0.3, -0.25) is 0 Å². The first kappa shape index (κ1) is 34.5. The molecule has 0 spiro atoms. The lowest BCUT2D eigenvalue weighted by Crippen LogP contribution is -2.00. The predicted octanol–water partition coefficient (Wildman–Crippen LogP) is 12.6. The van der Waals surface area contributed by atoms with Gasteiger partial charge in [0.2, 0.25) is 0 Å². The van der Waals surface area contributed by atoms with Crippen molar-refractivity contribution < 1.29 is 4.74 Å². The standard InChI is InChI=1S/C49H33N5OS/c1-5-14-34(15-6-1)35-24-26-36(27-25-35)45-44(56-43-22-11-4-12-23-43)33-50-46(51-45)39-28-30-41(31-29-39)55-42-21-13-20-40(32-42)49-53-47(37-16-7-2-8-17-37)52-48(54-49)38-18-9-3-10-19-38/h1-33H. The van der Waals surface area contributed by atoms with Gasteiger partial charge < -0.3 is 4.74 Å². The van der Waals surface area contributed by atoms with Gasteiger partial charge in [0, 0.05) is 38.9 Å². The summed E-state index contributed by atoms with van der Waals surface area (Å²) >= 11 is 1.66. The number of ether oxygens (including phenoxy) is 1. The molecule has 0 unspecified atom stereocenters. The van der Waals surface area contributed by atoms with E-state index in [-0.39, 0.29) is 0 Å². The summed E-state index contributed by atoms with van der Waals surface area (Å²) < 4.78 is 6.37. The van der Waals surface area contributed by atoms with Crippen LogP contribution in [0.1, 0.15) is 0 Å². The van der Waals surface area contributed by atoms with Gasteiger partial charge in [0.05, 0.1) is 10.6 Å². The van der Waals surface area contributed by atoms with Gasteiger partial charge in [0.1, 0.15) is 11.5 Å². The average molecular weight is 740 g/mol. The second kappa shape index (κ2) is 16.0. The topological polar surface area (TPSA) is 73.7 Å². The van der Waals surface area contributed by atoms with Crippen LogP contribution in [0.2, 0.25) is 0 Å². The molecule has 0 atom stereocenters. The average Bonchev–Trinajstić information content (AvgIpc) is 3.28. The van der Waals surface area contributed by atoms with Gasteiger partial charge in [0.15, 0.2) is 23.3 Å². The van der Waals surface area contributed by atoms with Crippen LogP contribution in [0, 0.1) is 0 Å². The molecule has 0 amide bonds. The van der Waals surface area contributed by atoms with Gasteiger partial charge in [-0.25, -0.2) is 24.9 Å². The first-order valence-corrected chi connectivity index (χ1v) is 19.0. The molecule has 2 heterocycles. The summed E-state index contributed by atoms with van der Waals surface area (Å²) in [7, 11) is 0. The molecule has 0 fully saturated rings. The molecule has 0 aliphatic carbocycles. The lowest BCUT2D eigenvalue weighted by Gasteiger charge is -2.12. The minimum Gasteiger partial charge on any atom is -0.457 e. The molecule has 0 saturated heterocycles. The highest BCUT2D eigenvalue weighted by Gasteiger charge is 2.15. The van der Waals surface area contributed by atoms with Crippen LogP contribution in [0.3, 0.4) is 0 Å². The molecular formula is C49H33N5OS. The maximum absolute atomic E-state index is 6.37. The molecule has 0 aliphatic heterocycles. The van der Waals surface area contributed by atoms with Crippen LogP contribution in [0.25, 0.3) is 67.9 Å². The summed E-state index contributed by atoms with van der Waals surface area (Å²) in [6.45, 7) is 0. The quantitative estimate of drug-likeness (QED) is 0.138. The van der Waals surface area contributed by atoms with E-state index >= 15 is 0 Å². The van der Waals surface area contributed by atoms with Crippen LogP contribution < -0.4 is 4.74 Å². The van der Waals surface area contributed by atoms with E-state index in [9.17, 15) is 0 Å². The molecule has 0 aliphatic rings. The Morgan fingerprint density at radius 2 is 0.804 bits per heavy atom. The Kier molecular flexibility index (Phi) is 9.88. The molecule has 9 rings (SSSR count). The molecule has 7 heteroatoms. The molecule has 7 aromatic carbocycles. The van der Waals surface area contributed by atoms with E-state index in [1.54, 1.807) is 11.8 Å². The third kappa shape index (κ3) is 7.85. The zero-order chi connectivity index (χ0) is 37.5. The number of hydrogen-bond donors (Lipinski definition) is 0. The van der Waals surface area contributed by atoms with Crippen LogP contribution in [0.4, 0.5) is 0 Å². The molecule has 0 radical (unpaired) electrons. The van der Waals surface area contributed by atoms with Gasteiger partial charge in [-0.15, -0.1) is 0 Å². The fraction of sp³-hybridized carbons (Fsp3) is 0. The lowest BCUT2D eigenvalue weighted by atomic mass is 10.0. The number of benzene rings is 7. The lowest BCUT2D eigenvalue weighted by molar-refractivity contribution is 0.483. The number of hydrogen-bond acceptors (Lipinski definition) is 7. The highest BCUT2D eigenvalue weighted by Crippen LogP contribution is 2.37. The summed E-state index contributed by atoms with van der Waals surface area (Å²) in [5.41, 5.74) is 7.78. The molecule has 56 heavy (non-hydrogen) atoms. The first-order valence-electron chi connectivity index (χ1n) is 18.2. The van der Waals surface area contributed by atoms with Gasteiger partial charge in [-0.05, 0) is 59.7 Å². The van der Waals surface area contributed by atoms with E-state index in [4.69, 9.17) is 29.7 Å². The van der Waals surface area contributed by atoms with E-state index in [0.717, 1.165) is 48.9 Å². The Morgan fingerprint density at radius 1 is 0.339 bits per heavy atom. The van der Waals surface area contributed by atoms with E-state index in [1.165, 1.54) is 5.56 Å². The molecular weight excluding hydrogens is 707 g/mol. The Balaban J connectivity index is 0.991. The van der Waals surface area contributed by atoms with Crippen molar-refractivity contribution in [1.29, 1.82) is 0 Å². The predicted molar refractivity (Wildman–Crippen MR) is 225 cm³/mol. The molecule has 6 nitrogen and oxygen atoms in total. The second-order valence-corrected chi connectivity index (χ2v) is 14.1. The zero-order valence-electron chi connectivity index (χ0n) is 30.1. The van der Waals surface area contributed by atoms with Crippen molar-refractivity contribution in [1.82, 2.24) is 24.9 Å². The number of aromatic nitrogens is 5. The van der Waals surface area contributed by atoms with Gasteiger partial charge in [-0.1, -0.05) is 157 Å². The van der Waals surface area contributed by atoms with E-state index in [0.29, 0.717) is 34.8 Å². The van der Waals surface area contributed by atoms with Crippen molar-refractivity contribution in [3.63, 3.8) is 0 Å². The van der Waals surface area contributed by atoms with Crippen LogP contribution in [0.15, 0.2) is 210 Å². The van der Waals surface area contributed by atoms with Gasteiger partial charge in [-0.2, -0.15) is 0 Å². The Hall–Kier alpha value is -7.22. The van der Waals surface area contributed by atoms with E-state index in [2.05, 4.69) is 60.7 Å². The molecule has 0 bridgehead atoms. The van der Waals surface area contributed by atoms with Crippen LogP contribution in [-0.2, 0) is 0 Å². The summed E-state index contributed by atoms with van der Waals surface area (Å²) in [5, 5.41) is 0. The molecule has 2 aromatic heterocycles. The molecule has 0 N–H and O–H groups in total. The van der Waals surface area contributed by atoms with Crippen molar-refractivity contribution in [2.24, 2.45) is 0 Å². The van der Waals surface area contributed by atoms with Crippen LogP contribution in [0.5, 0.6) is 11.5 Å². The van der Waals surface area contributed by atoms with Crippen molar-refractivity contribution in [2.45, 2.75) is 9.79 Å². The second-order valence-electron chi connectivity index (χ2n) is 13.0. The number of rotatable bonds is 10. The fourth-order valence-electron chi connectivity index (χ4n) is 6.30. The first-order chi connectivity index (χ1) is 27.7. The molecule has 0 saturated carbocycles. The monoisotopic (exact) mass is 739 g/mol. The maximum atomic E-state index is 6.37. The maximum Gasteiger partial charge on any atom is 0.164 e. The van der Waals surface area contributed by atoms with Crippen molar-refractivity contribution >= 4 is 11.8 Å². The highest BCUT2D eigenvalue weighted by atomic mass is 32.2. The largest absolute Gasteiger partial charge is 0.457 e. The minimum atomic E-state index is 0.565. The highest BCUT2D eigenvalue weighted by molar-refractivity contribution is 7.99. The summed E-state index contributed by atoms with van der Waals surface area (Å²) in [4.78, 5) is 26.6. The van der Waals surface area contributed by atoms with Crippen molar-refractivity contribution in [2.75, 3.05) is 0 Å². The molecule has 266 valence electrons. The van der Waals surface area contributed by atoms with E-state index in [1.807, 2.05) is 140 Å². The van der Waals surface area contributed by atoms with E-state index < -0.39 is 0 Å². The summed E-state index contributed by atoms with van der Waals surface area (Å²) in [6.07, 6.45) is 1.92. The van der Waals surface area contributed by atoms with Crippen molar-refractivity contribution in [3.8, 4) is 79.4 Å². The fourth-order valence-corrected chi connectivity index (χ4v) is 7.22. The third-order valence-electron chi connectivity index (χ3n) is 9.13. The van der Waals surface area contributed by atoms with Gasteiger partial charge in [0.25, 0.3) is 0 Å². The summed E-state index contributed by atoms with van der Waals surface area (Å²) in [6, 6.07) is 64.9. The SMILES string of the molecule is c1ccc(Sc2cnc(-c3ccc(Oc4cccc(-c5nc(-c6ccccc6)nc(-c6ccccc6)n5)c4)cc3)nc2-c2ccc(-c3ccccc3)cc2)cc1. The minimum absolute atomic E-state index is 0.565. The normalized spacial score (nSPS) is 10.9.